The van der Waals surface area contributed by atoms with Crippen molar-refractivity contribution in [3.8, 4) is 0 Å². The van der Waals surface area contributed by atoms with E-state index in [4.69, 9.17) is 5.73 Å². The molecular formula is C11H23NO. The molecule has 0 heterocycles. The average Bonchev–Trinajstić information content (AvgIpc) is 1.93. The van der Waals surface area contributed by atoms with Gasteiger partial charge < -0.3 is 5.73 Å². The zero-order chi connectivity index (χ0) is 10.3. The van der Waals surface area contributed by atoms with E-state index < -0.39 is 0 Å². The van der Waals surface area contributed by atoms with Gasteiger partial charge >= 0.3 is 0 Å². The number of hydrogen-bond donors (Lipinski definition) is 1. The summed E-state index contributed by atoms with van der Waals surface area (Å²) in [6.45, 7) is 6.78. The molecule has 0 bridgehead atoms. The van der Waals surface area contributed by atoms with E-state index in [1.165, 1.54) is 19.3 Å². The fraction of sp³-hybridized carbons (Fsp3) is 0.909. The topological polar surface area (TPSA) is 43.1 Å². The maximum absolute atomic E-state index is 10.4. The highest BCUT2D eigenvalue weighted by Crippen LogP contribution is 2.22. The van der Waals surface area contributed by atoms with Gasteiger partial charge in [-0.3, -0.25) is 4.79 Å². The second kappa shape index (κ2) is 6.01. The van der Waals surface area contributed by atoms with Gasteiger partial charge in [0.2, 0.25) is 5.91 Å². The van der Waals surface area contributed by atoms with Crippen molar-refractivity contribution in [2.75, 3.05) is 0 Å². The van der Waals surface area contributed by atoms with Crippen LogP contribution in [-0.2, 0) is 4.79 Å². The van der Waals surface area contributed by atoms with Gasteiger partial charge in [-0.15, -0.1) is 0 Å². The smallest absolute Gasteiger partial charge is 0.217 e. The number of carbonyl (C=O) groups excluding carboxylic acids is 1. The first-order chi connectivity index (χ1) is 5.92. The maximum atomic E-state index is 10.4. The summed E-state index contributed by atoms with van der Waals surface area (Å²) in [4.78, 5) is 10.4. The van der Waals surface area contributed by atoms with Crippen molar-refractivity contribution >= 4 is 5.91 Å². The van der Waals surface area contributed by atoms with Crippen LogP contribution in [0.2, 0.25) is 0 Å². The summed E-state index contributed by atoms with van der Waals surface area (Å²) in [6, 6.07) is 0. The van der Waals surface area contributed by atoms with Crippen molar-refractivity contribution in [1.82, 2.24) is 0 Å². The van der Waals surface area contributed by atoms with Crippen LogP contribution in [0.1, 0.15) is 59.3 Å². The summed E-state index contributed by atoms with van der Waals surface area (Å²) in [6.07, 6.45) is 6.41. The van der Waals surface area contributed by atoms with E-state index in [0.717, 1.165) is 12.8 Å². The molecule has 78 valence electrons. The van der Waals surface area contributed by atoms with Gasteiger partial charge in [0.25, 0.3) is 0 Å². The molecule has 13 heavy (non-hydrogen) atoms. The quantitative estimate of drug-likeness (QED) is 0.635. The van der Waals surface area contributed by atoms with Crippen molar-refractivity contribution in [2.45, 2.75) is 59.3 Å². The van der Waals surface area contributed by atoms with Crippen LogP contribution in [0.3, 0.4) is 0 Å². The maximum Gasteiger partial charge on any atom is 0.217 e. The monoisotopic (exact) mass is 185 g/mol. The number of nitrogens with two attached hydrogens (primary N) is 1. The van der Waals surface area contributed by atoms with Crippen LogP contribution in [0.4, 0.5) is 0 Å². The summed E-state index contributed by atoms with van der Waals surface area (Å²) in [7, 11) is 0. The predicted octanol–water partition coefficient (Wildman–Crippen LogP) is 2.86. The molecule has 0 rings (SSSR count). The zero-order valence-electron chi connectivity index (χ0n) is 9.23. The fourth-order valence-corrected chi connectivity index (χ4v) is 1.31. The molecule has 0 unspecified atom stereocenters. The van der Waals surface area contributed by atoms with Gasteiger partial charge in [0.15, 0.2) is 0 Å². The lowest BCUT2D eigenvalue weighted by Crippen LogP contribution is -2.09. The molecule has 0 aliphatic rings. The van der Waals surface area contributed by atoms with E-state index in [2.05, 4.69) is 20.8 Å². The minimum atomic E-state index is -0.171. The largest absolute Gasteiger partial charge is 0.370 e. The summed E-state index contributed by atoms with van der Waals surface area (Å²) in [5, 5.41) is 0. The van der Waals surface area contributed by atoms with E-state index in [-0.39, 0.29) is 5.91 Å². The molecule has 0 atom stereocenters. The van der Waals surface area contributed by atoms with Gasteiger partial charge in [-0.2, -0.15) is 0 Å². The fourth-order valence-electron chi connectivity index (χ4n) is 1.31. The van der Waals surface area contributed by atoms with Gasteiger partial charge in [-0.1, -0.05) is 40.0 Å². The van der Waals surface area contributed by atoms with Crippen LogP contribution in [0.25, 0.3) is 0 Å². The Hall–Kier alpha value is -0.530. The number of hydrogen-bond acceptors (Lipinski definition) is 1. The third kappa shape index (κ3) is 11.5. The average molecular weight is 185 g/mol. The van der Waals surface area contributed by atoms with Crippen LogP contribution >= 0.6 is 0 Å². The summed E-state index contributed by atoms with van der Waals surface area (Å²) >= 11 is 0. The molecular weight excluding hydrogens is 162 g/mol. The third-order valence-electron chi connectivity index (χ3n) is 2.10. The Morgan fingerprint density at radius 1 is 1.08 bits per heavy atom. The molecule has 2 N–H and O–H groups in total. The third-order valence-corrected chi connectivity index (χ3v) is 2.10. The van der Waals surface area contributed by atoms with Crippen molar-refractivity contribution < 1.29 is 4.79 Å². The first kappa shape index (κ1) is 12.5. The number of unbranched alkanes of at least 4 members (excludes halogenated alkanes) is 3. The van der Waals surface area contributed by atoms with Gasteiger partial charge in [0.1, 0.15) is 0 Å². The lowest BCUT2D eigenvalue weighted by molar-refractivity contribution is -0.118. The standard InChI is InChI=1S/C11H23NO/c1-11(2,3)9-7-5-4-6-8-10(12)13/h4-9H2,1-3H3,(H2,12,13). The summed E-state index contributed by atoms with van der Waals surface area (Å²) in [5.41, 5.74) is 5.49. The Morgan fingerprint density at radius 2 is 1.62 bits per heavy atom. The number of amides is 1. The predicted molar refractivity (Wildman–Crippen MR) is 56.4 cm³/mol. The molecule has 0 radical (unpaired) electrons. The first-order valence-electron chi connectivity index (χ1n) is 5.20. The highest BCUT2D eigenvalue weighted by Gasteiger charge is 2.08. The molecule has 1 amide bonds. The SMILES string of the molecule is CC(C)(C)CCCCCCC(N)=O. The molecule has 0 saturated carbocycles. The molecule has 0 saturated heterocycles. The normalized spacial score (nSPS) is 11.6. The molecule has 2 nitrogen and oxygen atoms in total. The summed E-state index contributed by atoms with van der Waals surface area (Å²) in [5.74, 6) is -0.171. The van der Waals surface area contributed by atoms with Crippen molar-refractivity contribution in [3.63, 3.8) is 0 Å². The van der Waals surface area contributed by atoms with Gasteiger partial charge in [-0.05, 0) is 18.3 Å². The highest BCUT2D eigenvalue weighted by atomic mass is 16.1. The molecule has 0 aliphatic heterocycles. The van der Waals surface area contributed by atoms with Crippen LogP contribution in [0.15, 0.2) is 0 Å². The Kier molecular flexibility index (Phi) is 5.76. The minimum absolute atomic E-state index is 0.171. The molecule has 0 aromatic carbocycles. The van der Waals surface area contributed by atoms with Gasteiger partial charge in [0, 0.05) is 6.42 Å². The van der Waals surface area contributed by atoms with Crippen molar-refractivity contribution in [1.29, 1.82) is 0 Å². The minimum Gasteiger partial charge on any atom is -0.370 e. The Bertz CT molecular complexity index is 147. The molecule has 0 aromatic rings. The second-order valence-electron chi connectivity index (χ2n) is 4.94. The van der Waals surface area contributed by atoms with Crippen LogP contribution < -0.4 is 5.73 Å². The molecule has 2 heteroatoms. The van der Waals surface area contributed by atoms with E-state index >= 15 is 0 Å². The number of rotatable bonds is 6. The molecule has 0 fully saturated rings. The zero-order valence-corrected chi connectivity index (χ0v) is 9.23. The molecule has 0 aliphatic carbocycles. The lowest BCUT2D eigenvalue weighted by Gasteiger charge is -2.17. The number of carbonyl (C=O) groups is 1. The molecule has 0 aromatic heterocycles. The van der Waals surface area contributed by atoms with Crippen LogP contribution in [-0.4, -0.2) is 5.91 Å². The van der Waals surface area contributed by atoms with E-state index in [0.29, 0.717) is 11.8 Å². The van der Waals surface area contributed by atoms with Gasteiger partial charge in [0.05, 0.1) is 0 Å². The Labute approximate surface area is 81.9 Å². The Balaban J connectivity index is 3.13. The van der Waals surface area contributed by atoms with Crippen molar-refractivity contribution in [3.05, 3.63) is 0 Å². The van der Waals surface area contributed by atoms with Crippen LogP contribution in [0, 0.1) is 5.41 Å². The first-order valence-corrected chi connectivity index (χ1v) is 5.20. The summed E-state index contributed by atoms with van der Waals surface area (Å²) < 4.78 is 0. The van der Waals surface area contributed by atoms with Gasteiger partial charge in [-0.25, -0.2) is 0 Å². The second-order valence-corrected chi connectivity index (χ2v) is 4.94. The highest BCUT2D eigenvalue weighted by molar-refractivity contribution is 5.73. The van der Waals surface area contributed by atoms with E-state index in [1.54, 1.807) is 0 Å². The molecule has 0 spiro atoms. The lowest BCUT2D eigenvalue weighted by atomic mass is 9.89. The number of primary amides is 1. The Morgan fingerprint density at radius 3 is 2.08 bits per heavy atom. The van der Waals surface area contributed by atoms with E-state index in [1.807, 2.05) is 0 Å². The van der Waals surface area contributed by atoms with E-state index in [9.17, 15) is 4.79 Å². The van der Waals surface area contributed by atoms with Crippen molar-refractivity contribution in [2.24, 2.45) is 11.1 Å². The van der Waals surface area contributed by atoms with Crippen LogP contribution in [0.5, 0.6) is 0 Å².